The van der Waals surface area contributed by atoms with Crippen LogP contribution >= 0.6 is 22.9 Å². The monoisotopic (exact) mass is 414 g/mol. The Morgan fingerprint density at radius 1 is 1.11 bits per heavy atom. The Kier molecular flexibility index (Phi) is 6.41. The van der Waals surface area contributed by atoms with Crippen molar-refractivity contribution in [3.05, 3.63) is 81.0 Å². The number of nitrogens with zero attached hydrogens (tertiary/aromatic N) is 1. The molecule has 1 heterocycles. The predicted octanol–water partition coefficient (Wildman–Crippen LogP) is 4.39. The van der Waals surface area contributed by atoms with E-state index in [1.54, 1.807) is 54.6 Å². The van der Waals surface area contributed by atoms with E-state index in [1.165, 1.54) is 24.7 Å². The van der Waals surface area contributed by atoms with E-state index in [2.05, 4.69) is 10.5 Å². The summed E-state index contributed by atoms with van der Waals surface area (Å²) < 4.78 is 10.7. The lowest BCUT2D eigenvalue weighted by Crippen LogP contribution is -2.16. The maximum absolute atomic E-state index is 12.2. The van der Waals surface area contributed by atoms with Crippen LogP contribution in [-0.2, 0) is 0 Å². The van der Waals surface area contributed by atoms with Crippen LogP contribution in [0.1, 0.15) is 25.6 Å². The van der Waals surface area contributed by atoms with Crippen LogP contribution in [0.5, 0.6) is 11.5 Å². The molecule has 1 N–H and O–H groups in total. The second kappa shape index (κ2) is 9.16. The third-order valence-corrected chi connectivity index (χ3v) is 4.72. The molecule has 0 fully saturated rings. The number of benzene rings is 2. The summed E-state index contributed by atoms with van der Waals surface area (Å²) in [4.78, 5) is 24.7. The van der Waals surface area contributed by atoms with Gasteiger partial charge in [0, 0.05) is 5.02 Å². The average Bonchev–Trinajstić information content (AvgIpc) is 3.24. The highest BCUT2D eigenvalue weighted by Gasteiger charge is 2.13. The highest BCUT2D eigenvalue weighted by atomic mass is 35.5. The zero-order valence-electron chi connectivity index (χ0n) is 14.7. The van der Waals surface area contributed by atoms with Crippen LogP contribution in [0, 0.1) is 0 Å². The van der Waals surface area contributed by atoms with Gasteiger partial charge in [0.2, 0.25) is 0 Å². The van der Waals surface area contributed by atoms with Crippen LogP contribution in [-0.4, -0.2) is 25.2 Å². The maximum atomic E-state index is 12.2. The van der Waals surface area contributed by atoms with Gasteiger partial charge in [0.15, 0.2) is 11.5 Å². The molecule has 142 valence electrons. The number of hydrazone groups is 1. The number of ether oxygens (including phenoxy) is 2. The fourth-order valence-corrected chi connectivity index (χ4v) is 2.96. The predicted molar refractivity (Wildman–Crippen MR) is 109 cm³/mol. The Labute approximate surface area is 170 Å². The van der Waals surface area contributed by atoms with Crippen molar-refractivity contribution < 1.29 is 19.1 Å². The van der Waals surface area contributed by atoms with Crippen LogP contribution in [0.3, 0.4) is 0 Å². The van der Waals surface area contributed by atoms with Gasteiger partial charge in [-0.2, -0.15) is 5.10 Å². The van der Waals surface area contributed by atoms with Crippen molar-refractivity contribution in [2.24, 2.45) is 5.10 Å². The molecule has 1 aromatic heterocycles. The van der Waals surface area contributed by atoms with Crippen LogP contribution in [0.4, 0.5) is 0 Å². The third-order valence-electron chi connectivity index (χ3n) is 3.59. The van der Waals surface area contributed by atoms with E-state index in [-0.39, 0.29) is 11.7 Å². The van der Waals surface area contributed by atoms with Gasteiger partial charge in [0.05, 0.1) is 23.8 Å². The van der Waals surface area contributed by atoms with Crippen molar-refractivity contribution in [2.75, 3.05) is 7.11 Å². The zero-order chi connectivity index (χ0) is 19.9. The summed E-state index contributed by atoms with van der Waals surface area (Å²) in [5.41, 5.74) is 3.48. The molecule has 0 saturated carbocycles. The molecule has 8 heteroatoms. The largest absolute Gasteiger partial charge is 0.493 e. The molecule has 2 aromatic carbocycles. The van der Waals surface area contributed by atoms with E-state index in [0.29, 0.717) is 26.8 Å². The van der Waals surface area contributed by atoms with Gasteiger partial charge in [0.25, 0.3) is 5.91 Å². The van der Waals surface area contributed by atoms with Gasteiger partial charge in [-0.05, 0) is 59.5 Å². The van der Waals surface area contributed by atoms with Crippen molar-refractivity contribution in [3.8, 4) is 11.5 Å². The van der Waals surface area contributed by atoms with Gasteiger partial charge in [-0.1, -0.05) is 17.7 Å². The van der Waals surface area contributed by atoms with Crippen molar-refractivity contribution in [2.45, 2.75) is 0 Å². The Hall–Kier alpha value is -3.16. The van der Waals surface area contributed by atoms with Gasteiger partial charge < -0.3 is 9.47 Å². The number of carbonyl (C=O) groups excluding carboxylic acids is 2. The number of hydrogen-bond acceptors (Lipinski definition) is 6. The molecule has 0 aliphatic carbocycles. The number of thiophene rings is 1. The smallest absolute Gasteiger partial charge is 0.343 e. The number of amides is 1. The van der Waals surface area contributed by atoms with Gasteiger partial charge in [-0.15, -0.1) is 11.3 Å². The Balaban J connectivity index is 1.67. The van der Waals surface area contributed by atoms with E-state index in [4.69, 9.17) is 21.1 Å². The van der Waals surface area contributed by atoms with E-state index in [9.17, 15) is 9.59 Å². The van der Waals surface area contributed by atoms with Crippen molar-refractivity contribution in [3.63, 3.8) is 0 Å². The molecule has 0 aliphatic heterocycles. The quantitative estimate of drug-likeness (QED) is 0.281. The minimum atomic E-state index is -0.528. The van der Waals surface area contributed by atoms with Gasteiger partial charge in [0.1, 0.15) is 0 Å². The van der Waals surface area contributed by atoms with Gasteiger partial charge in [-0.3, -0.25) is 4.79 Å². The molecule has 28 heavy (non-hydrogen) atoms. The summed E-state index contributed by atoms with van der Waals surface area (Å²) in [6, 6.07) is 14.8. The normalized spacial score (nSPS) is 10.6. The van der Waals surface area contributed by atoms with Crippen molar-refractivity contribution in [1.29, 1.82) is 0 Å². The molecule has 0 radical (unpaired) electrons. The third kappa shape index (κ3) is 4.97. The fourth-order valence-electron chi connectivity index (χ4n) is 2.22. The minimum Gasteiger partial charge on any atom is -0.493 e. The summed E-state index contributed by atoms with van der Waals surface area (Å²) in [5.74, 6) is -0.190. The lowest BCUT2D eigenvalue weighted by molar-refractivity contribution is 0.0729. The number of hydrogen-bond donors (Lipinski definition) is 1. The zero-order valence-corrected chi connectivity index (χ0v) is 16.3. The summed E-state index contributed by atoms with van der Waals surface area (Å²) in [7, 11) is 1.47. The summed E-state index contributed by atoms with van der Waals surface area (Å²) in [5, 5.41) is 6.27. The van der Waals surface area contributed by atoms with Gasteiger partial charge >= 0.3 is 5.97 Å². The average molecular weight is 415 g/mol. The summed E-state index contributed by atoms with van der Waals surface area (Å²) in [6.45, 7) is 0. The van der Waals surface area contributed by atoms with Crippen LogP contribution < -0.4 is 14.9 Å². The molecule has 0 spiro atoms. The second-order valence-corrected chi connectivity index (χ2v) is 6.87. The van der Waals surface area contributed by atoms with E-state index >= 15 is 0 Å². The highest BCUT2D eigenvalue weighted by molar-refractivity contribution is 7.12. The second-order valence-electron chi connectivity index (χ2n) is 5.48. The number of halogens is 1. The number of carbonyl (C=O) groups is 2. The maximum Gasteiger partial charge on any atom is 0.343 e. The molecule has 0 saturated heterocycles. The Morgan fingerprint density at radius 3 is 2.57 bits per heavy atom. The molecule has 0 aliphatic rings. The molecule has 0 bridgehead atoms. The standard InChI is InChI=1S/C20H15ClN2O4S/c1-26-17-11-13(12-22-23-19(24)18-3-2-10-28-18)4-9-16(17)27-20(25)14-5-7-15(21)8-6-14/h2-12H,1H3,(H,23,24)/b22-12+. The number of rotatable bonds is 6. The molecule has 3 aromatic rings. The van der Waals surface area contributed by atoms with Crippen molar-refractivity contribution in [1.82, 2.24) is 5.43 Å². The summed E-state index contributed by atoms with van der Waals surface area (Å²) >= 11 is 7.15. The number of methoxy groups -OCH3 is 1. The van der Waals surface area contributed by atoms with Gasteiger partial charge in [-0.25, -0.2) is 10.2 Å². The molecule has 0 atom stereocenters. The van der Waals surface area contributed by atoms with Crippen molar-refractivity contribution >= 4 is 41.0 Å². The molecule has 1 amide bonds. The van der Waals surface area contributed by atoms with Crippen LogP contribution in [0.25, 0.3) is 0 Å². The lowest BCUT2D eigenvalue weighted by Gasteiger charge is -2.10. The topological polar surface area (TPSA) is 77.0 Å². The van der Waals surface area contributed by atoms with Crippen LogP contribution in [0.15, 0.2) is 65.1 Å². The fraction of sp³-hybridized carbons (Fsp3) is 0.0500. The van der Waals surface area contributed by atoms with Crippen LogP contribution in [0.2, 0.25) is 5.02 Å². The Bertz CT molecular complexity index is 1000. The first-order chi connectivity index (χ1) is 13.6. The first-order valence-corrected chi connectivity index (χ1v) is 9.35. The molecular weight excluding hydrogens is 400 g/mol. The number of esters is 1. The van der Waals surface area contributed by atoms with E-state index in [1.807, 2.05) is 5.38 Å². The SMILES string of the molecule is COc1cc(/C=N/NC(=O)c2cccs2)ccc1OC(=O)c1ccc(Cl)cc1. The van der Waals surface area contributed by atoms with E-state index < -0.39 is 5.97 Å². The first-order valence-electron chi connectivity index (χ1n) is 8.09. The first kappa shape index (κ1) is 19.6. The van der Waals surface area contributed by atoms with E-state index in [0.717, 1.165) is 0 Å². The molecule has 0 unspecified atom stereocenters. The highest BCUT2D eigenvalue weighted by Crippen LogP contribution is 2.28. The Morgan fingerprint density at radius 2 is 1.89 bits per heavy atom. The number of nitrogens with one attached hydrogen (secondary N) is 1. The molecule has 3 rings (SSSR count). The molecular formula is C20H15ClN2O4S. The molecule has 6 nitrogen and oxygen atoms in total. The lowest BCUT2D eigenvalue weighted by atomic mass is 10.2. The summed E-state index contributed by atoms with van der Waals surface area (Å²) in [6.07, 6.45) is 1.47. The minimum absolute atomic E-state index is 0.266.